The summed E-state index contributed by atoms with van der Waals surface area (Å²) in [5.74, 6) is 1.08. The van der Waals surface area contributed by atoms with Crippen molar-refractivity contribution in [2.45, 2.75) is 39.2 Å². The van der Waals surface area contributed by atoms with Gasteiger partial charge < -0.3 is 15.2 Å². The first-order chi connectivity index (χ1) is 9.04. The molecule has 106 valence electrons. The molecule has 0 amide bonds. The minimum atomic E-state index is -0.774. The highest BCUT2D eigenvalue weighted by Crippen LogP contribution is 2.43. The van der Waals surface area contributed by atoms with Crippen molar-refractivity contribution in [1.82, 2.24) is 5.32 Å². The van der Waals surface area contributed by atoms with E-state index in [1.54, 1.807) is 7.11 Å². The summed E-state index contributed by atoms with van der Waals surface area (Å²) in [6, 6.07) is 4.12. The number of hydrogen-bond acceptors (Lipinski definition) is 3. The first-order valence-electron chi connectivity index (χ1n) is 7.12. The van der Waals surface area contributed by atoms with Crippen LogP contribution in [0.2, 0.25) is 0 Å². The Morgan fingerprint density at radius 3 is 2.79 bits per heavy atom. The van der Waals surface area contributed by atoms with Gasteiger partial charge in [0.05, 0.1) is 12.7 Å². The summed E-state index contributed by atoms with van der Waals surface area (Å²) in [7, 11) is 1.69. The van der Waals surface area contributed by atoms with Gasteiger partial charge in [0.2, 0.25) is 0 Å². The normalized spacial score (nSPS) is 27.3. The first-order valence-corrected chi connectivity index (χ1v) is 7.12. The van der Waals surface area contributed by atoms with Crippen molar-refractivity contribution in [3.8, 4) is 5.75 Å². The van der Waals surface area contributed by atoms with Gasteiger partial charge in [-0.3, -0.25) is 0 Å². The summed E-state index contributed by atoms with van der Waals surface area (Å²) in [5, 5.41) is 14.6. The van der Waals surface area contributed by atoms with Crippen molar-refractivity contribution in [1.29, 1.82) is 0 Å². The third kappa shape index (κ3) is 2.37. The Hall–Kier alpha value is -1.06. The maximum Gasteiger partial charge on any atom is 0.128 e. The maximum absolute atomic E-state index is 11.2. The van der Waals surface area contributed by atoms with E-state index in [0.29, 0.717) is 0 Å². The number of nitrogens with one attached hydrogen (secondary N) is 1. The average molecular weight is 263 g/mol. The number of hydrogen-bond donors (Lipinski definition) is 2. The molecule has 2 atom stereocenters. The van der Waals surface area contributed by atoms with E-state index < -0.39 is 5.60 Å². The van der Waals surface area contributed by atoms with Crippen molar-refractivity contribution in [2.24, 2.45) is 5.92 Å². The highest BCUT2D eigenvalue weighted by molar-refractivity contribution is 5.48. The van der Waals surface area contributed by atoms with Gasteiger partial charge in [-0.05, 0) is 44.4 Å². The summed E-state index contributed by atoms with van der Waals surface area (Å²) in [6.07, 6.45) is 1.70. The van der Waals surface area contributed by atoms with Crippen LogP contribution in [-0.2, 0) is 5.60 Å². The topological polar surface area (TPSA) is 41.5 Å². The summed E-state index contributed by atoms with van der Waals surface area (Å²) < 4.78 is 5.59. The number of ether oxygens (including phenoxy) is 1. The summed E-state index contributed by atoms with van der Waals surface area (Å²) in [6.45, 7) is 7.98. The molecule has 0 aliphatic carbocycles. The molecule has 1 fully saturated rings. The quantitative estimate of drug-likeness (QED) is 0.880. The first kappa shape index (κ1) is 14.4. The van der Waals surface area contributed by atoms with Crippen molar-refractivity contribution in [2.75, 3.05) is 20.2 Å². The number of methoxy groups -OCH3 is 1. The zero-order valence-electron chi connectivity index (χ0n) is 12.4. The SMILES string of the molecule is CCC1CNCCC1(O)c1ccc(C)c(C)c1OC. The van der Waals surface area contributed by atoms with Crippen molar-refractivity contribution in [3.63, 3.8) is 0 Å². The zero-order chi connectivity index (χ0) is 14.0. The van der Waals surface area contributed by atoms with Crippen LogP contribution in [0.3, 0.4) is 0 Å². The van der Waals surface area contributed by atoms with Gasteiger partial charge in [0.15, 0.2) is 0 Å². The van der Waals surface area contributed by atoms with Crippen LogP contribution in [0.5, 0.6) is 5.75 Å². The molecule has 1 aromatic carbocycles. The molecule has 1 aliphatic rings. The number of benzene rings is 1. The van der Waals surface area contributed by atoms with Gasteiger partial charge in [0.1, 0.15) is 5.75 Å². The van der Waals surface area contributed by atoms with Gasteiger partial charge in [-0.15, -0.1) is 0 Å². The van der Waals surface area contributed by atoms with Crippen molar-refractivity contribution >= 4 is 0 Å². The number of aryl methyl sites for hydroxylation is 1. The molecule has 19 heavy (non-hydrogen) atoms. The van der Waals surface area contributed by atoms with Crippen LogP contribution in [-0.4, -0.2) is 25.3 Å². The van der Waals surface area contributed by atoms with Crippen molar-refractivity contribution < 1.29 is 9.84 Å². The Balaban J connectivity index is 2.52. The minimum Gasteiger partial charge on any atom is -0.496 e. The molecular formula is C16H25NO2. The molecule has 0 saturated carbocycles. The lowest BCUT2D eigenvalue weighted by Gasteiger charge is -2.41. The van der Waals surface area contributed by atoms with E-state index in [2.05, 4.69) is 32.2 Å². The predicted octanol–water partition coefficient (Wildman–Crippen LogP) is 2.52. The van der Waals surface area contributed by atoms with Gasteiger partial charge in [0.25, 0.3) is 0 Å². The summed E-state index contributed by atoms with van der Waals surface area (Å²) >= 11 is 0. The Morgan fingerprint density at radius 2 is 2.16 bits per heavy atom. The Labute approximate surface area is 116 Å². The summed E-state index contributed by atoms with van der Waals surface area (Å²) in [5.41, 5.74) is 2.50. The fraction of sp³-hybridized carbons (Fsp3) is 0.625. The Kier molecular flexibility index (Phi) is 4.16. The molecule has 1 heterocycles. The molecular weight excluding hydrogens is 238 g/mol. The second-order valence-corrected chi connectivity index (χ2v) is 5.57. The molecule has 2 rings (SSSR count). The molecule has 3 heteroatoms. The van der Waals surface area contributed by atoms with Crippen LogP contribution in [0, 0.1) is 19.8 Å². The third-order valence-electron chi connectivity index (χ3n) is 4.59. The molecule has 3 nitrogen and oxygen atoms in total. The molecule has 2 unspecified atom stereocenters. The lowest BCUT2D eigenvalue weighted by atomic mass is 9.74. The van der Waals surface area contributed by atoms with Crippen LogP contribution >= 0.6 is 0 Å². The van der Waals surface area contributed by atoms with Crippen LogP contribution < -0.4 is 10.1 Å². The molecule has 1 saturated heterocycles. The smallest absolute Gasteiger partial charge is 0.128 e. The number of aliphatic hydroxyl groups is 1. The maximum atomic E-state index is 11.2. The van der Waals surface area contributed by atoms with Crippen molar-refractivity contribution in [3.05, 3.63) is 28.8 Å². The van der Waals surface area contributed by atoms with E-state index in [1.165, 1.54) is 5.56 Å². The molecule has 0 aromatic heterocycles. The highest BCUT2D eigenvalue weighted by atomic mass is 16.5. The van der Waals surface area contributed by atoms with Gasteiger partial charge in [-0.25, -0.2) is 0 Å². The zero-order valence-corrected chi connectivity index (χ0v) is 12.4. The summed E-state index contributed by atoms with van der Waals surface area (Å²) in [4.78, 5) is 0. The highest BCUT2D eigenvalue weighted by Gasteiger charge is 2.41. The Bertz CT molecular complexity index is 458. The fourth-order valence-electron chi connectivity index (χ4n) is 3.16. The monoisotopic (exact) mass is 263 g/mol. The number of piperidine rings is 1. The molecule has 0 radical (unpaired) electrons. The minimum absolute atomic E-state index is 0.234. The molecule has 1 aliphatic heterocycles. The Morgan fingerprint density at radius 1 is 1.42 bits per heavy atom. The van der Waals surface area contributed by atoms with E-state index in [-0.39, 0.29) is 5.92 Å². The lowest BCUT2D eigenvalue weighted by Crippen LogP contribution is -2.48. The third-order valence-corrected chi connectivity index (χ3v) is 4.59. The van der Waals surface area contributed by atoms with E-state index in [9.17, 15) is 5.11 Å². The number of rotatable bonds is 3. The van der Waals surface area contributed by atoms with Crippen LogP contribution in [0.15, 0.2) is 12.1 Å². The van der Waals surface area contributed by atoms with Gasteiger partial charge in [0, 0.05) is 18.0 Å². The van der Waals surface area contributed by atoms with E-state index in [1.807, 2.05) is 6.07 Å². The molecule has 0 bridgehead atoms. The van der Waals surface area contributed by atoms with Crippen LogP contribution in [0.25, 0.3) is 0 Å². The van der Waals surface area contributed by atoms with Gasteiger partial charge >= 0.3 is 0 Å². The molecule has 2 N–H and O–H groups in total. The predicted molar refractivity (Wildman–Crippen MR) is 77.6 cm³/mol. The fourth-order valence-corrected chi connectivity index (χ4v) is 3.16. The van der Waals surface area contributed by atoms with Crippen LogP contribution in [0.4, 0.5) is 0 Å². The van der Waals surface area contributed by atoms with Crippen LogP contribution in [0.1, 0.15) is 36.5 Å². The average Bonchev–Trinajstić information content (AvgIpc) is 2.42. The van der Waals surface area contributed by atoms with E-state index in [4.69, 9.17) is 4.74 Å². The molecule has 1 aromatic rings. The van der Waals surface area contributed by atoms with Gasteiger partial charge in [-0.2, -0.15) is 0 Å². The van der Waals surface area contributed by atoms with Gasteiger partial charge in [-0.1, -0.05) is 19.1 Å². The molecule has 0 spiro atoms. The standard InChI is InChI=1S/C16H25NO2/c1-5-13-10-17-9-8-16(13,18)14-7-6-11(2)12(3)15(14)19-4/h6-7,13,17-18H,5,8-10H2,1-4H3. The van der Waals surface area contributed by atoms with E-state index in [0.717, 1.165) is 42.8 Å². The second-order valence-electron chi connectivity index (χ2n) is 5.57. The second kappa shape index (κ2) is 5.51. The largest absolute Gasteiger partial charge is 0.496 e. The lowest BCUT2D eigenvalue weighted by molar-refractivity contribution is -0.0494. The van der Waals surface area contributed by atoms with E-state index >= 15 is 0 Å².